The van der Waals surface area contributed by atoms with Crippen molar-refractivity contribution in [3.63, 3.8) is 0 Å². The Labute approximate surface area is 301 Å². The van der Waals surface area contributed by atoms with E-state index in [-0.39, 0.29) is 0 Å². The van der Waals surface area contributed by atoms with E-state index in [1.54, 1.807) is 0 Å². The van der Waals surface area contributed by atoms with Gasteiger partial charge in [0, 0.05) is 49.0 Å². The van der Waals surface area contributed by atoms with Gasteiger partial charge >= 0.3 is 0 Å². The average Bonchev–Trinajstić information content (AvgIpc) is 3.89. The zero-order chi connectivity index (χ0) is 35.0. The van der Waals surface area contributed by atoms with Crippen molar-refractivity contribution in [2.75, 3.05) is 0 Å². The van der Waals surface area contributed by atoms with Gasteiger partial charge in [-0.15, -0.1) is 0 Å². The molecule has 0 saturated carbocycles. The monoisotopic (exact) mass is 679 g/mol. The molecule has 7 aromatic carbocycles. The fraction of sp³-hybridized carbons (Fsp3) is 0. The van der Waals surface area contributed by atoms with Crippen LogP contribution in [0.3, 0.4) is 0 Å². The second kappa shape index (κ2) is 11.2. The Morgan fingerprint density at radius 2 is 1.11 bits per heavy atom. The van der Waals surface area contributed by atoms with Crippen LogP contribution in [-0.4, -0.2) is 19.5 Å². The molecule has 0 aliphatic carbocycles. The summed E-state index contributed by atoms with van der Waals surface area (Å²) in [7, 11) is 0. The summed E-state index contributed by atoms with van der Waals surface area (Å²) in [6.45, 7) is 0. The molecule has 0 N–H and O–H groups in total. The molecule has 11 rings (SSSR count). The molecule has 0 aliphatic heterocycles. The standard InChI is InChI=1S/C46H25N5O2/c47-26-27-17-22-39-37(23-27)32-11-4-6-15-38(32)51(39)46-49-44(28-9-2-1-3-10-28)48-45(50-46)30-19-21-35-36-14-8-13-31(43(36)53-42(35)25-30)29-18-20-34-33-12-5-7-16-40(33)52-41(34)24-29/h1-25H. The van der Waals surface area contributed by atoms with E-state index in [0.29, 0.717) is 23.2 Å². The maximum atomic E-state index is 9.67. The topological polar surface area (TPSA) is 93.7 Å². The number of fused-ring (bicyclic) bond motifs is 9. The third kappa shape index (κ3) is 4.50. The van der Waals surface area contributed by atoms with E-state index in [1.807, 2.05) is 95.6 Å². The Kier molecular flexibility index (Phi) is 6.18. The summed E-state index contributed by atoms with van der Waals surface area (Å²) in [4.78, 5) is 15.2. The third-order valence-corrected chi connectivity index (χ3v) is 10.1. The quantitative estimate of drug-likeness (QED) is 0.184. The highest BCUT2D eigenvalue weighted by Crippen LogP contribution is 2.40. The maximum absolute atomic E-state index is 9.67. The van der Waals surface area contributed by atoms with Gasteiger partial charge in [0.1, 0.15) is 22.3 Å². The van der Waals surface area contributed by atoms with Crippen molar-refractivity contribution in [1.29, 1.82) is 5.26 Å². The van der Waals surface area contributed by atoms with Gasteiger partial charge in [-0.05, 0) is 60.2 Å². The Morgan fingerprint density at radius 3 is 1.98 bits per heavy atom. The van der Waals surface area contributed by atoms with Crippen molar-refractivity contribution in [3.05, 3.63) is 157 Å². The lowest BCUT2D eigenvalue weighted by Crippen LogP contribution is -2.06. The smallest absolute Gasteiger partial charge is 0.238 e. The molecule has 7 nitrogen and oxygen atoms in total. The van der Waals surface area contributed by atoms with E-state index >= 15 is 0 Å². The van der Waals surface area contributed by atoms with Crippen LogP contribution in [0.2, 0.25) is 0 Å². The summed E-state index contributed by atoms with van der Waals surface area (Å²) in [6.07, 6.45) is 0. The van der Waals surface area contributed by atoms with Gasteiger partial charge in [0.05, 0.1) is 22.7 Å². The lowest BCUT2D eigenvalue weighted by atomic mass is 10.0. The minimum absolute atomic E-state index is 0.484. The first-order valence-corrected chi connectivity index (χ1v) is 17.3. The zero-order valence-corrected chi connectivity index (χ0v) is 28.0. The van der Waals surface area contributed by atoms with Crippen LogP contribution in [0.25, 0.3) is 106 Å². The first-order valence-electron chi connectivity index (χ1n) is 17.3. The maximum Gasteiger partial charge on any atom is 0.238 e. The normalized spacial score (nSPS) is 11.8. The summed E-state index contributed by atoms with van der Waals surface area (Å²) < 4.78 is 15.0. The summed E-state index contributed by atoms with van der Waals surface area (Å²) >= 11 is 0. The zero-order valence-electron chi connectivity index (χ0n) is 28.0. The van der Waals surface area contributed by atoms with Crippen LogP contribution in [0, 0.1) is 11.3 Å². The van der Waals surface area contributed by atoms with Crippen LogP contribution in [0.4, 0.5) is 0 Å². The van der Waals surface area contributed by atoms with Crippen LogP contribution < -0.4 is 0 Å². The van der Waals surface area contributed by atoms with Gasteiger partial charge in [-0.1, -0.05) is 97.1 Å². The molecule has 7 heteroatoms. The van der Waals surface area contributed by atoms with E-state index in [1.165, 1.54) is 0 Å². The summed E-state index contributed by atoms with van der Waals surface area (Å²) in [6, 6.07) is 52.9. The van der Waals surface area contributed by atoms with Crippen LogP contribution in [0.1, 0.15) is 5.56 Å². The first-order chi connectivity index (χ1) is 26.2. The fourth-order valence-electron chi connectivity index (χ4n) is 7.63. The lowest BCUT2D eigenvalue weighted by molar-refractivity contribution is 0.668. The molecule has 0 fully saturated rings. The summed E-state index contributed by atoms with van der Waals surface area (Å²) in [5.41, 5.74) is 9.38. The van der Waals surface area contributed by atoms with Crippen LogP contribution in [0.5, 0.6) is 0 Å². The molecular formula is C46H25N5O2. The Morgan fingerprint density at radius 1 is 0.453 bits per heavy atom. The number of para-hydroxylation sites is 3. The summed E-state index contributed by atoms with van der Waals surface area (Å²) in [5.74, 6) is 1.56. The van der Waals surface area contributed by atoms with Gasteiger partial charge in [0.15, 0.2) is 11.6 Å². The second-order valence-corrected chi connectivity index (χ2v) is 13.1. The van der Waals surface area contributed by atoms with E-state index in [9.17, 15) is 5.26 Å². The highest BCUT2D eigenvalue weighted by molar-refractivity contribution is 6.12. The van der Waals surface area contributed by atoms with E-state index in [0.717, 1.165) is 87.9 Å². The molecule has 0 atom stereocenters. The van der Waals surface area contributed by atoms with Crippen molar-refractivity contribution in [1.82, 2.24) is 19.5 Å². The predicted molar refractivity (Wildman–Crippen MR) is 210 cm³/mol. The average molecular weight is 680 g/mol. The van der Waals surface area contributed by atoms with Gasteiger partial charge in [0.25, 0.3) is 0 Å². The second-order valence-electron chi connectivity index (χ2n) is 13.1. The molecule has 0 spiro atoms. The van der Waals surface area contributed by atoms with Gasteiger partial charge < -0.3 is 8.83 Å². The molecule has 0 unspecified atom stereocenters. The van der Waals surface area contributed by atoms with Crippen LogP contribution in [0.15, 0.2) is 160 Å². The number of hydrogen-bond acceptors (Lipinski definition) is 6. The van der Waals surface area contributed by atoms with Crippen molar-refractivity contribution in [2.24, 2.45) is 0 Å². The molecule has 11 aromatic rings. The van der Waals surface area contributed by atoms with Crippen molar-refractivity contribution in [3.8, 4) is 45.9 Å². The first kappa shape index (κ1) is 29.2. The number of furan rings is 2. The number of rotatable bonds is 4. The molecule has 53 heavy (non-hydrogen) atoms. The van der Waals surface area contributed by atoms with E-state index in [4.69, 9.17) is 23.8 Å². The van der Waals surface area contributed by atoms with Crippen molar-refractivity contribution in [2.45, 2.75) is 0 Å². The van der Waals surface area contributed by atoms with Crippen LogP contribution >= 0.6 is 0 Å². The minimum atomic E-state index is 0.484. The number of hydrogen-bond donors (Lipinski definition) is 0. The highest BCUT2D eigenvalue weighted by Gasteiger charge is 2.20. The van der Waals surface area contributed by atoms with Crippen molar-refractivity contribution >= 4 is 65.7 Å². The molecule has 0 radical (unpaired) electrons. The van der Waals surface area contributed by atoms with E-state index < -0.39 is 0 Å². The predicted octanol–water partition coefficient (Wildman–Crippen LogP) is 11.6. The molecule has 0 bridgehead atoms. The molecule has 4 aromatic heterocycles. The molecule has 4 heterocycles. The molecule has 0 aliphatic rings. The van der Waals surface area contributed by atoms with Crippen LogP contribution in [-0.2, 0) is 0 Å². The largest absolute Gasteiger partial charge is 0.456 e. The van der Waals surface area contributed by atoms with Gasteiger partial charge in [-0.25, -0.2) is 4.98 Å². The Balaban J connectivity index is 1.09. The molecular weight excluding hydrogens is 655 g/mol. The fourth-order valence-corrected chi connectivity index (χ4v) is 7.63. The molecule has 0 saturated heterocycles. The number of aromatic nitrogens is 4. The van der Waals surface area contributed by atoms with Gasteiger partial charge in [-0.3, -0.25) is 4.57 Å². The third-order valence-electron chi connectivity index (χ3n) is 10.1. The van der Waals surface area contributed by atoms with Crippen molar-refractivity contribution < 1.29 is 8.83 Å². The van der Waals surface area contributed by atoms with E-state index in [2.05, 4.69) is 66.7 Å². The number of nitriles is 1. The van der Waals surface area contributed by atoms with Gasteiger partial charge in [0.2, 0.25) is 5.95 Å². The van der Waals surface area contributed by atoms with Gasteiger partial charge in [-0.2, -0.15) is 15.2 Å². The highest BCUT2D eigenvalue weighted by atomic mass is 16.3. The molecule has 0 amide bonds. The minimum Gasteiger partial charge on any atom is -0.456 e. The SMILES string of the molecule is N#Cc1ccc2c(c1)c1ccccc1n2-c1nc(-c2ccccc2)nc(-c2ccc3c(c2)oc2c(-c4ccc5c(c4)oc4ccccc45)cccc23)n1. The number of benzene rings is 7. The Bertz CT molecular complexity index is 3310. The lowest BCUT2D eigenvalue weighted by Gasteiger charge is -2.11. The molecule has 246 valence electrons. The summed E-state index contributed by atoms with van der Waals surface area (Å²) in [5, 5.41) is 15.9. The number of nitrogens with zero attached hydrogens (tertiary/aromatic N) is 5. The Hall–Kier alpha value is -7.56.